The maximum atomic E-state index is 13.5. The molecule has 2 aromatic heterocycles. The summed E-state index contributed by atoms with van der Waals surface area (Å²) in [6, 6.07) is 24.6. The zero-order valence-corrected chi connectivity index (χ0v) is 19.8. The van der Waals surface area contributed by atoms with Crippen molar-refractivity contribution in [3.63, 3.8) is 0 Å². The molecule has 0 saturated heterocycles. The highest BCUT2D eigenvalue weighted by atomic mass is 16.5. The third kappa shape index (κ3) is 4.65. The van der Waals surface area contributed by atoms with Gasteiger partial charge in [0.05, 0.1) is 43.6 Å². The van der Waals surface area contributed by atoms with Gasteiger partial charge in [0.15, 0.2) is 5.82 Å². The molecule has 2 heterocycles. The number of methoxy groups -OCH3 is 2. The summed E-state index contributed by atoms with van der Waals surface area (Å²) in [5.74, 6) is 1.41. The lowest BCUT2D eigenvalue weighted by Gasteiger charge is -2.10. The van der Waals surface area contributed by atoms with E-state index < -0.39 is 0 Å². The van der Waals surface area contributed by atoms with Gasteiger partial charge in [-0.25, -0.2) is 14.6 Å². The number of anilines is 1. The number of carbonyl (C=O) groups is 1. The van der Waals surface area contributed by atoms with E-state index in [2.05, 4.69) is 15.3 Å². The molecule has 1 N–H and O–H groups in total. The first-order valence-corrected chi connectivity index (χ1v) is 11.2. The fourth-order valence-corrected chi connectivity index (χ4v) is 3.78. The van der Waals surface area contributed by atoms with Crippen LogP contribution in [0.4, 0.5) is 5.69 Å². The second-order valence-corrected chi connectivity index (χ2v) is 7.85. The lowest BCUT2D eigenvalue weighted by Crippen LogP contribution is -2.13. The SMILES string of the molecule is COc1ccc(OC)c(-c2nn(-c3ccccc3)cc2C(=O)Nc2cnc(-c3ccccc3)nc2)c1. The molecule has 0 aliphatic carbocycles. The Balaban J connectivity index is 1.52. The predicted octanol–water partition coefficient (Wildman–Crippen LogP) is 5.27. The summed E-state index contributed by atoms with van der Waals surface area (Å²) >= 11 is 0. The van der Waals surface area contributed by atoms with E-state index in [-0.39, 0.29) is 5.91 Å². The zero-order valence-electron chi connectivity index (χ0n) is 19.8. The van der Waals surface area contributed by atoms with Crippen molar-refractivity contribution in [2.24, 2.45) is 0 Å². The lowest BCUT2D eigenvalue weighted by atomic mass is 10.1. The van der Waals surface area contributed by atoms with Crippen LogP contribution in [0, 0.1) is 0 Å². The Hall–Kier alpha value is -4.98. The minimum Gasteiger partial charge on any atom is -0.497 e. The van der Waals surface area contributed by atoms with E-state index in [0.717, 1.165) is 11.3 Å². The van der Waals surface area contributed by atoms with E-state index in [1.54, 1.807) is 55.7 Å². The molecule has 0 unspecified atom stereocenters. The summed E-state index contributed by atoms with van der Waals surface area (Å²) in [7, 11) is 3.16. The van der Waals surface area contributed by atoms with Crippen LogP contribution in [0.2, 0.25) is 0 Å². The van der Waals surface area contributed by atoms with Crippen LogP contribution < -0.4 is 14.8 Å². The fraction of sp³-hybridized carbons (Fsp3) is 0.0714. The van der Waals surface area contributed by atoms with E-state index in [0.29, 0.717) is 39.8 Å². The molecule has 1 amide bonds. The van der Waals surface area contributed by atoms with Crippen molar-refractivity contribution in [1.29, 1.82) is 0 Å². The smallest absolute Gasteiger partial charge is 0.259 e. The van der Waals surface area contributed by atoms with Crippen LogP contribution in [0.1, 0.15) is 10.4 Å². The number of para-hydroxylation sites is 1. The molecule has 36 heavy (non-hydrogen) atoms. The predicted molar refractivity (Wildman–Crippen MR) is 138 cm³/mol. The molecule has 5 aromatic rings. The number of aromatic nitrogens is 4. The molecule has 3 aromatic carbocycles. The Morgan fingerprint density at radius 1 is 0.861 bits per heavy atom. The molecule has 0 aliphatic heterocycles. The standard InChI is InChI=1S/C28H23N5O3/c1-35-22-13-14-25(36-2)23(15-22)26-24(18-33(32-26)21-11-7-4-8-12-21)28(34)31-20-16-29-27(30-17-20)19-9-5-3-6-10-19/h3-18H,1-2H3,(H,31,34). The van der Waals surface area contributed by atoms with Crippen LogP contribution in [0.15, 0.2) is 97.5 Å². The second kappa shape index (κ2) is 10.1. The molecule has 178 valence electrons. The van der Waals surface area contributed by atoms with Gasteiger partial charge in [0, 0.05) is 17.3 Å². The normalized spacial score (nSPS) is 10.6. The maximum absolute atomic E-state index is 13.5. The number of hydrogen-bond donors (Lipinski definition) is 1. The van der Waals surface area contributed by atoms with Crippen LogP contribution in [0.3, 0.4) is 0 Å². The number of nitrogens with one attached hydrogen (secondary N) is 1. The monoisotopic (exact) mass is 477 g/mol. The molecule has 8 heteroatoms. The average molecular weight is 478 g/mol. The molecular weight excluding hydrogens is 454 g/mol. The third-order valence-corrected chi connectivity index (χ3v) is 5.58. The molecule has 0 atom stereocenters. The summed E-state index contributed by atoms with van der Waals surface area (Å²) in [6.07, 6.45) is 4.86. The van der Waals surface area contributed by atoms with Crippen LogP contribution in [-0.2, 0) is 0 Å². The van der Waals surface area contributed by atoms with Gasteiger partial charge < -0.3 is 14.8 Å². The van der Waals surface area contributed by atoms with Gasteiger partial charge in [-0.15, -0.1) is 0 Å². The van der Waals surface area contributed by atoms with Gasteiger partial charge in [-0.3, -0.25) is 4.79 Å². The number of ether oxygens (including phenoxy) is 2. The van der Waals surface area contributed by atoms with Crippen molar-refractivity contribution in [3.8, 4) is 39.8 Å². The second-order valence-electron chi connectivity index (χ2n) is 7.85. The molecule has 0 fully saturated rings. The Kier molecular flexibility index (Phi) is 6.40. The van der Waals surface area contributed by atoms with Crippen LogP contribution in [0.5, 0.6) is 11.5 Å². The molecule has 0 bridgehead atoms. The summed E-state index contributed by atoms with van der Waals surface area (Å²) in [5, 5.41) is 7.63. The number of amides is 1. The molecular formula is C28H23N5O3. The minimum absolute atomic E-state index is 0.354. The van der Waals surface area contributed by atoms with Gasteiger partial charge >= 0.3 is 0 Å². The van der Waals surface area contributed by atoms with Gasteiger partial charge in [-0.05, 0) is 30.3 Å². The van der Waals surface area contributed by atoms with Crippen LogP contribution in [0.25, 0.3) is 28.3 Å². The van der Waals surface area contributed by atoms with Crippen molar-refractivity contribution < 1.29 is 14.3 Å². The topological polar surface area (TPSA) is 91.2 Å². The quantitative estimate of drug-likeness (QED) is 0.344. The number of hydrogen-bond acceptors (Lipinski definition) is 6. The third-order valence-electron chi connectivity index (χ3n) is 5.58. The highest BCUT2D eigenvalue weighted by Gasteiger charge is 2.22. The molecule has 0 spiro atoms. The lowest BCUT2D eigenvalue weighted by molar-refractivity contribution is 0.102. The molecule has 0 radical (unpaired) electrons. The summed E-state index contributed by atoms with van der Waals surface area (Å²) in [4.78, 5) is 22.3. The van der Waals surface area contributed by atoms with Crippen molar-refractivity contribution in [1.82, 2.24) is 19.7 Å². The van der Waals surface area contributed by atoms with Crippen molar-refractivity contribution >= 4 is 11.6 Å². The summed E-state index contributed by atoms with van der Waals surface area (Å²) in [5.41, 5.74) is 3.62. The van der Waals surface area contributed by atoms with Crippen molar-refractivity contribution in [2.75, 3.05) is 19.5 Å². The fourth-order valence-electron chi connectivity index (χ4n) is 3.78. The first-order valence-electron chi connectivity index (χ1n) is 11.2. The largest absolute Gasteiger partial charge is 0.497 e. The Morgan fingerprint density at radius 2 is 1.56 bits per heavy atom. The van der Waals surface area contributed by atoms with E-state index >= 15 is 0 Å². The van der Waals surface area contributed by atoms with Crippen molar-refractivity contribution in [2.45, 2.75) is 0 Å². The minimum atomic E-state index is -0.354. The number of rotatable bonds is 7. The number of carbonyl (C=O) groups excluding carboxylic acids is 1. The van der Waals surface area contributed by atoms with E-state index in [4.69, 9.17) is 14.6 Å². The maximum Gasteiger partial charge on any atom is 0.259 e. The van der Waals surface area contributed by atoms with E-state index in [1.807, 2.05) is 60.7 Å². The van der Waals surface area contributed by atoms with Gasteiger partial charge in [0.2, 0.25) is 0 Å². The van der Waals surface area contributed by atoms with Crippen LogP contribution in [-0.4, -0.2) is 39.9 Å². The van der Waals surface area contributed by atoms with E-state index in [1.165, 1.54) is 0 Å². The van der Waals surface area contributed by atoms with Gasteiger partial charge in [0.25, 0.3) is 5.91 Å². The first-order chi connectivity index (χ1) is 17.7. The summed E-state index contributed by atoms with van der Waals surface area (Å²) in [6.45, 7) is 0. The average Bonchev–Trinajstić information content (AvgIpc) is 3.40. The Labute approximate surface area is 208 Å². The molecule has 0 saturated carbocycles. The highest BCUT2D eigenvalue weighted by molar-refractivity contribution is 6.08. The van der Waals surface area contributed by atoms with Gasteiger partial charge in [-0.1, -0.05) is 48.5 Å². The zero-order chi connectivity index (χ0) is 24.9. The van der Waals surface area contributed by atoms with Gasteiger partial charge in [-0.2, -0.15) is 5.10 Å². The molecule has 0 aliphatic rings. The number of nitrogens with zero attached hydrogens (tertiary/aromatic N) is 4. The Bertz CT molecular complexity index is 1480. The molecule has 8 nitrogen and oxygen atoms in total. The van der Waals surface area contributed by atoms with Crippen LogP contribution >= 0.6 is 0 Å². The highest BCUT2D eigenvalue weighted by Crippen LogP contribution is 2.35. The van der Waals surface area contributed by atoms with E-state index in [9.17, 15) is 4.79 Å². The van der Waals surface area contributed by atoms with Crippen molar-refractivity contribution in [3.05, 3.63) is 103 Å². The van der Waals surface area contributed by atoms with Gasteiger partial charge in [0.1, 0.15) is 17.2 Å². The molecule has 5 rings (SSSR count). The Morgan fingerprint density at radius 3 is 2.22 bits per heavy atom. The number of benzene rings is 3. The summed E-state index contributed by atoms with van der Waals surface area (Å²) < 4.78 is 12.6. The first kappa shape index (κ1) is 22.8.